The molecule has 2 rings (SSSR count). The van der Waals surface area contributed by atoms with Gasteiger partial charge in [-0.15, -0.1) is 0 Å². The fourth-order valence-corrected chi connectivity index (χ4v) is 1.93. The van der Waals surface area contributed by atoms with E-state index in [1.807, 2.05) is 6.07 Å². The van der Waals surface area contributed by atoms with Crippen LogP contribution in [0.1, 0.15) is 17.5 Å². The molecule has 3 nitrogen and oxygen atoms in total. The molecule has 0 aromatic heterocycles. The highest BCUT2D eigenvalue weighted by atomic mass is 19.1. The van der Waals surface area contributed by atoms with Crippen LogP contribution in [0, 0.1) is 23.1 Å². The molecule has 1 aromatic rings. The fourth-order valence-electron chi connectivity index (χ4n) is 1.93. The van der Waals surface area contributed by atoms with Gasteiger partial charge in [0.2, 0.25) is 0 Å². The summed E-state index contributed by atoms with van der Waals surface area (Å²) in [6, 6.07) is 6.48. The molecule has 1 aliphatic rings. The molecule has 1 heterocycles. The normalized spacial score (nSPS) is 19.2. The molecule has 1 N–H and O–H groups in total. The van der Waals surface area contributed by atoms with Gasteiger partial charge in [-0.1, -0.05) is 6.07 Å². The summed E-state index contributed by atoms with van der Waals surface area (Å²) in [5, 5.41) is 12.0. The standard InChI is InChI=1S/C13H15FN2O/c14-13-2-1-10(5-12(13)6-15)7-16-8-11-3-4-17-9-11/h1-2,5,11,16H,3-4,7-9H2. The maximum Gasteiger partial charge on any atom is 0.140 e. The summed E-state index contributed by atoms with van der Waals surface area (Å²) in [6.07, 6.45) is 1.10. The Labute approximate surface area is 100 Å². The van der Waals surface area contributed by atoms with Crippen molar-refractivity contribution in [3.63, 3.8) is 0 Å². The summed E-state index contributed by atoms with van der Waals surface area (Å²) in [7, 11) is 0. The third-order valence-electron chi connectivity index (χ3n) is 2.94. The van der Waals surface area contributed by atoms with Gasteiger partial charge in [-0.2, -0.15) is 5.26 Å². The molecular formula is C13H15FN2O. The van der Waals surface area contributed by atoms with E-state index in [4.69, 9.17) is 10.00 Å². The maximum atomic E-state index is 13.1. The smallest absolute Gasteiger partial charge is 0.140 e. The molecule has 1 atom stereocenters. The molecule has 0 saturated carbocycles. The van der Waals surface area contributed by atoms with Crippen molar-refractivity contribution < 1.29 is 9.13 Å². The number of ether oxygens (including phenoxy) is 1. The molecule has 1 fully saturated rings. The van der Waals surface area contributed by atoms with E-state index in [2.05, 4.69) is 5.32 Å². The second kappa shape index (κ2) is 5.76. The van der Waals surface area contributed by atoms with E-state index in [1.165, 1.54) is 6.07 Å². The van der Waals surface area contributed by atoms with Crippen molar-refractivity contribution in [1.82, 2.24) is 5.32 Å². The highest BCUT2D eigenvalue weighted by Gasteiger charge is 2.14. The zero-order valence-corrected chi connectivity index (χ0v) is 9.58. The zero-order chi connectivity index (χ0) is 12.1. The molecule has 1 saturated heterocycles. The van der Waals surface area contributed by atoms with Crippen LogP contribution in [-0.4, -0.2) is 19.8 Å². The molecule has 4 heteroatoms. The van der Waals surface area contributed by atoms with Gasteiger partial charge in [-0.25, -0.2) is 4.39 Å². The average Bonchev–Trinajstić information content (AvgIpc) is 2.84. The summed E-state index contributed by atoms with van der Waals surface area (Å²) in [4.78, 5) is 0. The molecule has 0 radical (unpaired) electrons. The third kappa shape index (κ3) is 3.26. The Morgan fingerprint density at radius 1 is 1.53 bits per heavy atom. The van der Waals surface area contributed by atoms with Gasteiger partial charge in [-0.3, -0.25) is 0 Å². The van der Waals surface area contributed by atoms with Crippen molar-refractivity contribution in [1.29, 1.82) is 5.26 Å². The number of nitrogens with one attached hydrogen (secondary N) is 1. The van der Waals surface area contributed by atoms with Crippen molar-refractivity contribution in [3.05, 3.63) is 35.1 Å². The minimum absolute atomic E-state index is 0.105. The molecule has 0 bridgehead atoms. The SMILES string of the molecule is N#Cc1cc(CNCC2CCOC2)ccc1F. The predicted octanol–water partition coefficient (Wildman–Crippen LogP) is 1.82. The van der Waals surface area contributed by atoms with E-state index < -0.39 is 5.82 Å². The lowest BCUT2D eigenvalue weighted by Crippen LogP contribution is -2.22. The molecule has 0 amide bonds. The Bertz CT molecular complexity index is 422. The van der Waals surface area contributed by atoms with E-state index in [9.17, 15) is 4.39 Å². The Morgan fingerprint density at radius 3 is 3.12 bits per heavy atom. The van der Waals surface area contributed by atoms with Crippen LogP contribution < -0.4 is 5.32 Å². The summed E-state index contributed by atoms with van der Waals surface area (Å²) >= 11 is 0. The van der Waals surface area contributed by atoms with Crippen molar-refractivity contribution in [3.8, 4) is 6.07 Å². The average molecular weight is 234 g/mol. The Hall–Kier alpha value is -1.44. The minimum Gasteiger partial charge on any atom is -0.381 e. The van der Waals surface area contributed by atoms with Crippen LogP contribution in [0.2, 0.25) is 0 Å². The van der Waals surface area contributed by atoms with Gasteiger partial charge in [0, 0.05) is 19.7 Å². The molecular weight excluding hydrogens is 219 g/mol. The summed E-state index contributed by atoms with van der Waals surface area (Å²) in [6.45, 7) is 3.23. The zero-order valence-electron chi connectivity index (χ0n) is 9.58. The van der Waals surface area contributed by atoms with Gasteiger partial charge in [-0.05, 0) is 30.0 Å². The van der Waals surface area contributed by atoms with Gasteiger partial charge < -0.3 is 10.1 Å². The van der Waals surface area contributed by atoms with Crippen LogP contribution in [0.5, 0.6) is 0 Å². The highest BCUT2D eigenvalue weighted by molar-refractivity contribution is 5.34. The number of benzene rings is 1. The maximum absolute atomic E-state index is 13.1. The van der Waals surface area contributed by atoms with E-state index in [1.54, 1.807) is 12.1 Å². The first-order valence-electron chi connectivity index (χ1n) is 5.76. The number of rotatable bonds is 4. The number of nitriles is 1. The Morgan fingerprint density at radius 2 is 2.41 bits per heavy atom. The van der Waals surface area contributed by atoms with Gasteiger partial charge in [0.15, 0.2) is 0 Å². The van der Waals surface area contributed by atoms with Crippen molar-refractivity contribution >= 4 is 0 Å². The fraction of sp³-hybridized carbons (Fsp3) is 0.462. The molecule has 17 heavy (non-hydrogen) atoms. The van der Waals surface area contributed by atoms with Crippen molar-refractivity contribution in [2.45, 2.75) is 13.0 Å². The predicted molar refractivity (Wildman–Crippen MR) is 61.7 cm³/mol. The lowest BCUT2D eigenvalue weighted by molar-refractivity contribution is 0.185. The first kappa shape index (κ1) is 12.0. The molecule has 1 aliphatic heterocycles. The van der Waals surface area contributed by atoms with E-state index in [0.717, 1.165) is 31.7 Å². The number of halogens is 1. The number of hydrogen-bond acceptors (Lipinski definition) is 3. The first-order chi connectivity index (χ1) is 8.29. The molecule has 1 unspecified atom stereocenters. The second-order valence-electron chi connectivity index (χ2n) is 4.29. The Kier molecular flexibility index (Phi) is 4.08. The van der Waals surface area contributed by atoms with E-state index >= 15 is 0 Å². The number of nitrogens with zero attached hydrogens (tertiary/aromatic N) is 1. The van der Waals surface area contributed by atoms with Crippen LogP contribution in [0.25, 0.3) is 0 Å². The second-order valence-corrected chi connectivity index (χ2v) is 4.29. The minimum atomic E-state index is -0.458. The topological polar surface area (TPSA) is 45.0 Å². The van der Waals surface area contributed by atoms with Crippen molar-refractivity contribution in [2.24, 2.45) is 5.92 Å². The van der Waals surface area contributed by atoms with Crippen LogP contribution in [0.4, 0.5) is 4.39 Å². The lowest BCUT2D eigenvalue weighted by Gasteiger charge is -2.09. The molecule has 0 aliphatic carbocycles. The van der Waals surface area contributed by atoms with Gasteiger partial charge in [0.05, 0.1) is 12.2 Å². The summed E-state index contributed by atoms with van der Waals surface area (Å²) < 4.78 is 18.4. The highest BCUT2D eigenvalue weighted by Crippen LogP contribution is 2.12. The first-order valence-corrected chi connectivity index (χ1v) is 5.76. The van der Waals surface area contributed by atoms with Crippen LogP contribution >= 0.6 is 0 Å². The molecule has 1 aromatic carbocycles. The van der Waals surface area contributed by atoms with Gasteiger partial charge >= 0.3 is 0 Å². The summed E-state index contributed by atoms with van der Waals surface area (Å²) in [5.41, 5.74) is 1.04. The Balaban J connectivity index is 1.84. The quantitative estimate of drug-likeness (QED) is 0.864. The molecule has 90 valence electrons. The summed E-state index contributed by atoms with van der Waals surface area (Å²) in [5.74, 6) is 0.117. The van der Waals surface area contributed by atoms with Gasteiger partial charge in [0.25, 0.3) is 0 Å². The number of hydrogen-bond donors (Lipinski definition) is 1. The van der Waals surface area contributed by atoms with Crippen LogP contribution in [-0.2, 0) is 11.3 Å². The van der Waals surface area contributed by atoms with Crippen LogP contribution in [0.15, 0.2) is 18.2 Å². The lowest BCUT2D eigenvalue weighted by atomic mass is 10.1. The van der Waals surface area contributed by atoms with Crippen molar-refractivity contribution in [2.75, 3.05) is 19.8 Å². The monoisotopic (exact) mass is 234 g/mol. The van der Waals surface area contributed by atoms with E-state index in [-0.39, 0.29) is 5.56 Å². The molecule has 0 spiro atoms. The van der Waals surface area contributed by atoms with E-state index in [0.29, 0.717) is 12.5 Å². The van der Waals surface area contributed by atoms with Crippen LogP contribution in [0.3, 0.4) is 0 Å². The third-order valence-corrected chi connectivity index (χ3v) is 2.94. The van der Waals surface area contributed by atoms with Gasteiger partial charge in [0.1, 0.15) is 11.9 Å². The largest absolute Gasteiger partial charge is 0.381 e.